The zero-order valence-corrected chi connectivity index (χ0v) is 16.9. The maximum absolute atomic E-state index is 13.9. The van der Waals surface area contributed by atoms with Gasteiger partial charge in [-0.2, -0.15) is 0 Å². The number of piperazine rings is 1. The summed E-state index contributed by atoms with van der Waals surface area (Å²) in [4.78, 5) is 42.8. The van der Waals surface area contributed by atoms with E-state index in [9.17, 15) is 23.2 Å². The van der Waals surface area contributed by atoms with Crippen molar-refractivity contribution in [1.82, 2.24) is 14.7 Å². The van der Waals surface area contributed by atoms with Gasteiger partial charge < -0.3 is 19.1 Å². The molecular weight excluding hydrogens is 408 g/mol. The summed E-state index contributed by atoms with van der Waals surface area (Å²) < 4.78 is 31.9. The Kier molecular flexibility index (Phi) is 6.01. The first-order valence-electron chi connectivity index (χ1n) is 10.3. The van der Waals surface area contributed by atoms with Crippen molar-refractivity contribution >= 4 is 17.7 Å². The number of benzene rings is 1. The van der Waals surface area contributed by atoms with Crippen LogP contribution < -0.4 is 0 Å². The van der Waals surface area contributed by atoms with Gasteiger partial charge in [-0.05, 0) is 31.0 Å². The monoisotopic (exact) mass is 431 g/mol. The number of hydrogen-bond donors (Lipinski definition) is 0. The summed E-state index contributed by atoms with van der Waals surface area (Å²) in [5.41, 5.74) is 0.332. The molecule has 2 saturated heterocycles. The lowest BCUT2D eigenvalue weighted by atomic mass is 9.94. The summed E-state index contributed by atoms with van der Waals surface area (Å²) in [5.74, 6) is -2.40. The molecule has 0 bridgehead atoms. The minimum atomic E-state index is -0.883. The fourth-order valence-corrected chi connectivity index (χ4v) is 4.12. The summed E-state index contributed by atoms with van der Waals surface area (Å²) in [6.45, 7) is 2.51. The lowest BCUT2D eigenvalue weighted by Crippen LogP contribution is -2.53. The van der Waals surface area contributed by atoms with Crippen molar-refractivity contribution in [3.63, 3.8) is 0 Å². The summed E-state index contributed by atoms with van der Waals surface area (Å²) in [5, 5.41) is 0. The summed E-state index contributed by atoms with van der Waals surface area (Å²) in [6.07, 6.45) is 3.84. The van der Waals surface area contributed by atoms with E-state index in [1.807, 2.05) is 0 Å². The molecule has 0 spiro atoms. The predicted octanol–water partition coefficient (Wildman–Crippen LogP) is 2.39. The molecule has 0 N–H and O–H groups in total. The van der Waals surface area contributed by atoms with E-state index in [0.717, 1.165) is 12.1 Å². The standard InChI is InChI=1S/C22H23F2N3O4/c23-17-1-2-18(19(24)13-17)22(30)25-6-3-15(4-7-25)20(28)26-8-10-27(11-9-26)21(29)16-5-12-31-14-16/h1-2,5,12-15H,3-4,6-11H2. The minimum absolute atomic E-state index is 0.0236. The molecule has 0 unspecified atom stereocenters. The Balaban J connectivity index is 1.28. The first-order valence-corrected chi connectivity index (χ1v) is 10.3. The van der Waals surface area contributed by atoms with Crippen molar-refractivity contribution in [3.8, 4) is 0 Å². The van der Waals surface area contributed by atoms with Crippen LogP contribution in [0.3, 0.4) is 0 Å². The van der Waals surface area contributed by atoms with Crippen LogP contribution in [0.4, 0.5) is 8.78 Å². The van der Waals surface area contributed by atoms with E-state index in [4.69, 9.17) is 4.42 Å². The highest BCUT2D eigenvalue weighted by Gasteiger charge is 2.33. The van der Waals surface area contributed by atoms with Crippen LogP contribution in [0.5, 0.6) is 0 Å². The van der Waals surface area contributed by atoms with Gasteiger partial charge in [0.05, 0.1) is 17.4 Å². The molecule has 2 aliphatic rings. The predicted molar refractivity (Wildman–Crippen MR) is 106 cm³/mol. The van der Waals surface area contributed by atoms with Crippen LogP contribution in [0.1, 0.15) is 33.6 Å². The van der Waals surface area contributed by atoms with Crippen LogP contribution in [0, 0.1) is 17.6 Å². The van der Waals surface area contributed by atoms with Gasteiger partial charge >= 0.3 is 0 Å². The third kappa shape index (κ3) is 4.45. The highest BCUT2D eigenvalue weighted by Crippen LogP contribution is 2.23. The molecule has 9 heteroatoms. The Morgan fingerprint density at radius 2 is 1.48 bits per heavy atom. The second-order valence-corrected chi connectivity index (χ2v) is 7.82. The normalized spacial score (nSPS) is 17.7. The molecule has 31 heavy (non-hydrogen) atoms. The van der Waals surface area contributed by atoms with E-state index in [1.54, 1.807) is 15.9 Å². The number of rotatable bonds is 3. The van der Waals surface area contributed by atoms with E-state index in [1.165, 1.54) is 17.4 Å². The van der Waals surface area contributed by atoms with Crippen molar-refractivity contribution < 1.29 is 27.6 Å². The molecule has 2 aliphatic heterocycles. The quantitative estimate of drug-likeness (QED) is 0.748. The highest BCUT2D eigenvalue weighted by atomic mass is 19.1. The van der Waals surface area contributed by atoms with E-state index >= 15 is 0 Å². The largest absolute Gasteiger partial charge is 0.472 e. The van der Waals surface area contributed by atoms with Gasteiger partial charge in [0.2, 0.25) is 5.91 Å². The number of halogens is 2. The van der Waals surface area contributed by atoms with Crippen LogP contribution in [0.15, 0.2) is 41.2 Å². The fourth-order valence-electron chi connectivity index (χ4n) is 4.12. The molecule has 0 radical (unpaired) electrons. The van der Waals surface area contributed by atoms with E-state index in [-0.39, 0.29) is 23.3 Å². The van der Waals surface area contributed by atoms with Gasteiger partial charge in [-0.1, -0.05) is 0 Å². The molecular formula is C22H23F2N3O4. The summed E-state index contributed by atoms with van der Waals surface area (Å²) >= 11 is 0. The van der Waals surface area contributed by atoms with Crippen LogP contribution >= 0.6 is 0 Å². The average Bonchev–Trinajstić information content (AvgIpc) is 3.33. The molecule has 164 valence electrons. The van der Waals surface area contributed by atoms with Crippen LogP contribution in [-0.2, 0) is 4.79 Å². The minimum Gasteiger partial charge on any atom is -0.472 e. The van der Waals surface area contributed by atoms with Crippen LogP contribution in [0.2, 0.25) is 0 Å². The SMILES string of the molecule is O=C(c1ccoc1)N1CCN(C(=O)C2CCN(C(=O)c3ccc(F)cc3F)CC2)CC1. The van der Waals surface area contributed by atoms with Crippen molar-refractivity contribution in [3.05, 3.63) is 59.6 Å². The van der Waals surface area contributed by atoms with Crippen molar-refractivity contribution in [1.29, 1.82) is 0 Å². The van der Waals surface area contributed by atoms with E-state index in [0.29, 0.717) is 63.7 Å². The maximum atomic E-state index is 13.9. The molecule has 1 aromatic carbocycles. The topological polar surface area (TPSA) is 74.1 Å². The van der Waals surface area contributed by atoms with Gasteiger partial charge in [0, 0.05) is 51.3 Å². The molecule has 2 aromatic rings. The molecule has 0 saturated carbocycles. The second-order valence-electron chi connectivity index (χ2n) is 7.82. The first kappa shape index (κ1) is 21.0. The Morgan fingerprint density at radius 3 is 2.10 bits per heavy atom. The Hall–Kier alpha value is -3.23. The number of hydrogen-bond acceptors (Lipinski definition) is 4. The van der Waals surface area contributed by atoms with Gasteiger partial charge in [0.15, 0.2) is 0 Å². The molecule has 0 aliphatic carbocycles. The number of likely N-dealkylation sites (tertiary alicyclic amines) is 1. The average molecular weight is 431 g/mol. The zero-order valence-electron chi connectivity index (χ0n) is 16.9. The Bertz CT molecular complexity index is 963. The summed E-state index contributed by atoms with van der Waals surface area (Å²) in [6, 6.07) is 4.52. The number of carbonyl (C=O) groups is 3. The number of carbonyl (C=O) groups excluding carboxylic acids is 3. The van der Waals surface area contributed by atoms with Gasteiger partial charge in [0.1, 0.15) is 17.9 Å². The molecule has 0 atom stereocenters. The lowest BCUT2D eigenvalue weighted by molar-refractivity contribution is -0.138. The third-order valence-corrected chi connectivity index (χ3v) is 5.94. The number of amides is 3. The molecule has 3 heterocycles. The molecule has 3 amide bonds. The van der Waals surface area contributed by atoms with Crippen molar-refractivity contribution in [2.45, 2.75) is 12.8 Å². The Morgan fingerprint density at radius 1 is 0.839 bits per heavy atom. The lowest BCUT2D eigenvalue weighted by Gasteiger charge is -2.38. The maximum Gasteiger partial charge on any atom is 0.257 e. The second kappa shape index (κ2) is 8.87. The van der Waals surface area contributed by atoms with Crippen molar-refractivity contribution in [2.24, 2.45) is 5.92 Å². The molecule has 7 nitrogen and oxygen atoms in total. The fraction of sp³-hybridized carbons (Fsp3) is 0.409. The van der Waals surface area contributed by atoms with Gasteiger partial charge in [-0.15, -0.1) is 0 Å². The van der Waals surface area contributed by atoms with Crippen LogP contribution in [-0.4, -0.2) is 71.7 Å². The van der Waals surface area contributed by atoms with E-state index < -0.39 is 17.5 Å². The zero-order chi connectivity index (χ0) is 22.0. The smallest absolute Gasteiger partial charge is 0.257 e. The van der Waals surface area contributed by atoms with E-state index in [2.05, 4.69) is 0 Å². The van der Waals surface area contributed by atoms with Gasteiger partial charge in [-0.3, -0.25) is 14.4 Å². The number of nitrogens with zero attached hydrogens (tertiary/aromatic N) is 3. The molecule has 2 fully saturated rings. The van der Waals surface area contributed by atoms with Crippen LogP contribution in [0.25, 0.3) is 0 Å². The Labute approximate surface area is 178 Å². The molecule has 4 rings (SSSR count). The number of piperidine rings is 1. The third-order valence-electron chi connectivity index (χ3n) is 5.94. The highest BCUT2D eigenvalue weighted by molar-refractivity contribution is 5.95. The summed E-state index contributed by atoms with van der Waals surface area (Å²) in [7, 11) is 0. The van der Waals surface area contributed by atoms with Gasteiger partial charge in [0.25, 0.3) is 11.8 Å². The van der Waals surface area contributed by atoms with Gasteiger partial charge in [-0.25, -0.2) is 8.78 Å². The van der Waals surface area contributed by atoms with Crippen molar-refractivity contribution in [2.75, 3.05) is 39.3 Å². The molecule has 1 aromatic heterocycles. The number of furan rings is 1. The first-order chi connectivity index (χ1) is 14.9.